The zero-order chi connectivity index (χ0) is 15.6. The number of aromatic amines is 2. The van der Waals surface area contributed by atoms with Crippen molar-refractivity contribution in [3.8, 4) is 5.75 Å². The van der Waals surface area contributed by atoms with Gasteiger partial charge in [0.05, 0.1) is 7.11 Å². The van der Waals surface area contributed by atoms with Crippen molar-refractivity contribution in [1.82, 2.24) is 9.97 Å². The van der Waals surface area contributed by atoms with Gasteiger partial charge in [0, 0.05) is 11.4 Å². The number of anilines is 1. The molecule has 0 radical (unpaired) electrons. The van der Waals surface area contributed by atoms with Crippen molar-refractivity contribution in [3.63, 3.8) is 0 Å². The summed E-state index contributed by atoms with van der Waals surface area (Å²) in [6.07, 6.45) is 0. The quantitative estimate of drug-likeness (QED) is 0.743. The Labute approximate surface area is 119 Å². The Hall–Kier alpha value is -2.55. The number of sulfonamides is 1. The molecule has 1 heterocycles. The summed E-state index contributed by atoms with van der Waals surface area (Å²) in [7, 11) is -2.63. The molecule has 112 valence electrons. The van der Waals surface area contributed by atoms with E-state index in [9.17, 15) is 18.0 Å². The molecule has 1 aromatic heterocycles. The average Bonchev–Trinajstić information content (AvgIpc) is 2.37. The monoisotopic (exact) mass is 311 g/mol. The Bertz CT molecular complexity index is 865. The van der Waals surface area contributed by atoms with Crippen LogP contribution in [0.1, 0.15) is 5.69 Å². The van der Waals surface area contributed by atoms with E-state index in [0.29, 0.717) is 5.75 Å². The molecule has 2 aromatic rings. The fourth-order valence-corrected chi connectivity index (χ4v) is 3.07. The smallest absolute Gasteiger partial charge is 0.325 e. The maximum atomic E-state index is 12.2. The Morgan fingerprint density at radius 1 is 1.10 bits per heavy atom. The lowest BCUT2D eigenvalue weighted by Gasteiger charge is -2.09. The highest BCUT2D eigenvalue weighted by molar-refractivity contribution is 7.92. The molecule has 0 aliphatic rings. The second-order valence-electron chi connectivity index (χ2n) is 4.20. The van der Waals surface area contributed by atoms with Crippen molar-refractivity contribution in [2.45, 2.75) is 11.8 Å². The van der Waals surface area contributed by atoms with Gasteiger partial charge in [-0.1, -0.05) is 0 Å². The van der Waals surface area contributed by atoms with Crippen LogP contribution in [-0.2, 0) is 10.0 Å². The number of methoxy groups -OCH3 is 1. The van der Waals surface area contributed by atoms with E-state index >= 15 is 0 Å². The van der Waals surface area contributed by atoms with E-state index < -0.39 is 26.2 Å². The largest absolute Gasteiger partial charge is 0.497 e. The number of H-pyrrole nitrogens is 2. The number of benzene rings is 1. The number of aromatic nitrogens is 2. The zero-order valence-corrected chi connectivity index (χ0v) is 12.1. The van der Waals surface area contributed by atoms with Crippen molar-refractivity contribution in [3.05, 3.63) is 50.8 Å². The van der Waals surface area contributed by atoms with E-state index in [1.165, 1.54) is 26.2 Å². The van der Waals surface area contributed by atoms with E-state index in [1.54, 1.807) is 12.1 Å². The predicted octanol–water partition coefficient (Wildman–Crippen LogP) is 0.181. The molecule has 0 unspecified atom stereocenters. The van der Waals surface area contributed by atoms with Gasteiger partial charge in [-0.15, -0.1) is 0 Å². The molecular weight excluding hydrogens is 298 g/mol. The summed E-state index contributed by atoms with van der Waals surface area (Å²) in [5.41, 5.74) is -1.51. The molecule has 0 atom stereocenters. The molecule has 0 fully saturated rings. The first-order chi connectivity index (χ1) is 9.83. The predicted molar refractivity (Wildman–Crippen MR) is 76.2 cm³/mol. The van der Waals surface area contributed by atoms with E-state index in [0.717, 1.165) is 0 Å². The summed E-state index contributed by atoms with van der Waals surface area (Å²) in [5, 5.41) is 0. The van der Waals surface area contributed by atoms with Crippen LogP contribution < -0.4 is 20.7 Å². The fraction of sp³-hybridized carbons (Fsp3) is 0.167. The summed E-state index contributed by atoms with van der Waals surface area (Å²) in [5.74, 6) is 0.566. The van der Waals surface area contributed by atoms with Crippen LogP contribution in [0.15, 0.2) is 38.8 Å². The van der Waals surface area contributed by atoms with Gasteiger partial charge in [0.15, 0.2) is 4.90 Å². The molecule has 0 aliphatic heterocycles. The molecule has 1 aromatic carbocycles. The van der Waals surface area contributed by atoms with Gasteiger partial charge in [0.2, 0.25) is 0 Å². The van der Waals surface area contributed by atoms with Crippen LogP contribution in [0.2, 0.25) is 0 Å². The Kier molecular flexibility index (Phi) is 3.85. The number of hydrogen-bond donors (Lipinski definition) is 3. The Morgan fingerprint density at radius 2 is 1.71 bits per heavy atom. The van der Waals surface area contributed by atoms with E-state index in [4.69, 9.17) is 4.74 Å². The maximum Gasteiger partial charge on any atom is 0.325 e. The molecule has 0 saturated carbocycles. The summed E-state index contributed by atoms with van der Waals surface area (Å²) >= 11 is 0. The molecule has 2 rings (SSSR count). The zero-order valence-electron chi connectivity index (χ0n) is 11.3. The molecule has 0 aliphatic carbocycles. The number of hydrogen-bond acceptors (Lipinski definition) is 5. The minimum Gasteiger partial charge on any atom is -0.497 e. The van der Waals surface area contributed by atoms with Gasteiger partial charge >= 0.3 is 5.69 Å². The second-order valence-corrected chi connectivity index (χ2v) is 5.82. The number of rotatable bonds is 4. The SMILES string of the molecule is COc1ccc(NS(=O)(=O)c2c(C)[nH]c(=O)[nH]c2=O)cc1. The molecule has 21 heavy (non-hydrogen) atoms. The molecule has 3 N–H and O–H groups in total. The minimum atomic E-state index is -4.12. The first-order valence-electron chi connectivity index (χ1n) is 5.83. The molecular formula is C12H13N3O5S. The van der Waals surface area contributed by atoms with Gasteiger partial charge in [0.25, 0.3) is 15.6 Å². The standard InChI is InChI=1S/C12H13N3O5S/c1-7-10(11(16)14-12(17)13-7)21(18,19)15-8-3-5-9(20-2)6-4-8/h3-6,15H,1-2H3,(H2,13,14,16,17). The maximum absolute atomic E-state index is 12.2. The summed E-state index contributed by atoms with van der Waals surface area (Å²) in [4.78, 5) is 26.4. The highest BCUT2D eigenvalue weighted by Gasteiger charge is 2.22. The number of nitrogens with one attached hydrogen (secondary N) is 3. The molecule has 0 saturated heterocycles. The van der Waals surface area contributed by atoms with Crippen LogP contribution in [0.25, 0.3) is 0 Å². The van der Waals surface area contributed by atoms with E-state index in [-0.39, 0.29) is 11.4 Å². The van der Waals surface area contributed by atoms with Crippen LogP contribution in [0.3, 0.4) is 0 Å². The van der Waals surface area contributed by atoms with Crippen molar-refractivity contribution in [1.29, 1.82) is 0 Å². The molecule has 0 bridgehead atoms. The van der Waals surface area contributed by atoms with Crippen molar-refractivity contribution >= 4 is 15.7 Å². The number of ether oxygens (including phenoxy) is 1. The normalized spacial score (nSPS) is 11.1. The molecule has 0 spiro atoms. The summed E-state index contributed by atoms with van der Waals surface area (Å²) in [6, 6.07) is 6.13. The summed E-state index contributed by atoms with van der Waals surface area (Å²) < 4.78 is 31.7. The van der Waals surface area contributed by atoms with Gasteiger partial charge in [-0.05, 0) is 31.2 Å². The van der Waals surface area contributed by atoms with Crippen LogP contribution in [0, 0.1) is 6.92 Å². The van der Waals surface area contributed by atoms with Crippen LogP contribution in [0.5, 0.6) is 5.75 Å². The first kappa shape index (κ1) is 14.9. The van der Waals surface area contributed by atoms with Crippen molar-refractivity contribution in [2.75, 3.05) is 11.8 Å². The lowest BCUT2D eigenvalue weighted by atomic mass is 10.3. The van der Waals surface area contributed by atoms with Crippen LogP contribution in [0.4, 0.5) is 5.69 Å². The Balaban J connectivity index is 2.43. The number of aryl methyl sites for hydroxylation is 1. The molecule has 9 heteroatoms. The van der Waals surface area contributed by atoms with Gasteiger partial charge in [0.1, 0.15) is 5.75 Å². The van der Waals surface area contributed by atoms with Gasteiger partial charge in [-0.25, -0.2) is 13.2 Å². The van der Waals surface area contributed by atoms with Crippen molar-refractivity contribution in [2.24, 2.45) is 0 Å². The summed E-state index contributed by atoms with van der Waals surface area (Å²) in [6.45, 7) is 1.33. The van der Waals surface area contributed by atoms with Crippen molar-refractivity contribution < 1.29 is 13.2 Å². The lowest BCUT2D eigenvalue weighted by molar-refractivity contribution is 0.415. The fourth-order valence-electron chi connectivity index (χ4n) is 1.78. The molecule has 8 nitrogen and oxygen atoms in total. The van der Waals surface area contributed by atoms with E-state index in [2.05, 4.69) is 9.71 Å². The first-order valence-corrected chi connectivity index (χ1v) is 7.32. The van der Waals surface area contributed by atoms with E-state index in [1.807, 2.05) is 4.98 Å². The highest BCUT2D eigenvalue weighted by atomic mass is 32.2. The highest BCUT2D eigenvalue weighted by Crippen LogP contribution is 2.18. The Morgan fingerprint density at radius 3 is 2.24 bits per heavy atom. The molecule has 0 amide bonds. The topological polar surface area (TPSA) is 121 Å². The second kappa shape index (κ2) is 5.44. The van der Waals surface area contributed by atoms with Gasteiger partial charge in [-0.3, -0.25) is 14.5 Å². The van der Waals surface area contributed by atoms with Crippen LogP contribution in [-0.4, -0.2) is 25.5 Å². The average molecular weight is 311 g/mol. The lowest BCUT2D eigenvalue weighted by Crippen LogP contribution is -2.31. The van der Waals surface area contributed by atoms with Gasteiger partial charge in [-0.2, -0.15) is 0 Å². The third-order valence-corrected chi connectivity index (χ3v) is 4.22. The third kappa shape index (κ3) is 3.14. The third-order valence-electron chi connectivity index (χ3n) is 2.69. The van der Waals surface area contributed by atoms with Gasteiger partial charge < -0.3 is 9.72 Å². The van der Waals surface area contributed by atoms with Crippen LogP contribution >= 0.6 is 0 Å². The minimum absolute atomic E-state index is 0.0373.